The Bertz CT molecular complexity index is 409. The lowest BCUT2D eigenvalue weighted by Crippen LogP contribution is -2.36. The molecule has 2 rings (SSSR count). The van der Waals surface area contributed by atoms with Crippen molar-refractivity contribution in [1.29, 1.82) is 0 Å². The Labute approximate surface area is 105 Å². The summed E-state index contributed by atoms with van der Waals surface area (Å²) in [5, 5.41) is 5.91. The molecule has 5 heteroatoms. The highest BCUT2D eigenvalue weighted by Gasteiger charge is 2.20. The van der Waals surface area contributed by atoms with Gasteiger partial charge in [0.15, 0.2) is 0 Å². The maximum atomic E-state index is 13.4. The molecule has 1 heterocycles. The van der Waals surface area contributed by atoms with Crippen LogP contribution in [0, 0.1) is 11.6 Å². The van der Waals surface area contributed by atoms with E-state index in [4.69, 9.17) is 0 Å². The minimum absolute atomic E-state index is 0.0218. The summed E-state index contributed by atoms with van der Waals surface area (Å²) >= 11 is 0. The van der Waals surface area contributed by atoms with E-state index >= 15 is 0 Å². The van der Waals surface area contributed by atoms with Crippen molar-refractivity contribution in [3.63, 3.8) is 0 Å². The smallest absolute Gasteiger partial charge is 0.257 e. The fourth-order valence-electron chi connectivity index (χ4n) is 2.14. The van der Waals surface area contributed by atoms with Crippen LogP contribution in [0.15, 0.2) is 18.2 Å². The number of halogens is 2. The molecule has 18 heavy (non-hydrogen) atoms. The number of nitrogens with one attached hydrogen (secondary N) is 2. The Balaban J connectivity index is 2.07. The van der Waals surface area contributed by atoms with Gasteiger partial charge in [0.25, 0.3) is 5.91 Å². The quantitative estimate of drug-likeness (QED) is 0.845. The zero-order chi connectivity index (χ0) is 13.0. The van der Waals surface area contributed by atoms with Crippen LogP contribution < -0.4 is 10.6 Å². The predicted octanol–water partition coefficient (Wildman–Crippen LogP) is 1.84. The molecule has 1 fully saturated rings. The first kappa shape index (κ1) is 13.0. The van der Waals surface area contributed by atoms with E-state index in [1.165, 1.54) is 6.07 Å². The van der Waals surface area contributed by atoms with Gasteiger partial charge >= 0.3 is 0 Å². The van der Waals surface area contributed by atoms with Gasteiger partial charge in [-0.15, -0.1) is 0 Å². The monoisotopic (exact) mass is 254 g/mol. The molecule has 0 aliphatic carbocycles. The minimum Gasteiger partial charge on any atom is -0.349 e. The highest BCUT2D eigenvalue weighted by molar-refractivity contribution is 5.94. The number of benzene rings is 1. The molecule has 1 aliphatic rings. The largest absolute Gasteiger partial charge is 0.349 e. The van der Waals surface area contributed by atoms with Crippen molar-refractivity contribution >= 4 is 5.91 Å². The van der Waals surface area contributed by atoms with Crippen molar-refractivity contribution in [2.45, 2.75) is 25.3 Å². The van der Waals surface area contributed by atoms with Gasteiger partial charge in [-0.05, 0) is 44.5 Å². The number of rotatable bonds is 2. The van der Waals surface area contributed by atoms with E-state index < -0.39 is 23.1 Å². The van der Waals surface area contributed by atoms with E-state index in [0.29, 0.717) is 0 Å². The summed E-state index contributed by atoms with van der Waals surface area (Å²) in [5.41, 5.74) is -0.491. The summed E-state index contributed by atoms with van der Waals surface area (Å²) in [6, 6.07) is 3.41. The molecule has 0 saturated carbocycles. The van der Waals surface area contributed by atoms with E-state index in [-0.39, 0.29) is 6.04 Å². The third-order valence-corrected chi connectivity index (χ3v) is 3.10. The molecule has 0 aromatic heterocycles. The lowest BCUT2D eigenvalue weighted by Gasteiger charge is -2.16. The molecular formula is C13H16F2N2O. The second-order valence-corrected chi connectivity index (χ2v) is 4.45. The van der Waals surface area contributed by atoms with Crippen LogP contribution in [-0.4, -0.2) is 25.0 Å². The molecule has 2 N–H and O–H groups in total. The van der Waals surface area contributed by atoms with Gasteiger partial charge in [0.2, 0.25) is 0 Å². The lowest BCUT2D eigenvalue weighted by atomic mass is 10.1. The van der Waals surface area contributed by atoms with Crippen LogP contribution in [0.5, 0.6) is 0 Å². The summed E-state index contributed by atoms with van der Waals surface area (Å²) < 4.78 is 26.8. The zero-order valence-corrected chi connectivity index (χ0v) is 10.0. The van der Waals surface area contributed by atoms with Crippen LogP contribution >= 0.6 is 0 Å². The predicted molar refractivity (Wildman–Crippen MR) is 64.3 cm³/mol. The van der Waals surface area contributed by atoms with Gasteiger partial charge in [-0.2, -0.15) is 0 Å². The van der Waals surface area contributed by atoms with E-state index in [2.05, 4.69) is 10.6 Å². The van der Waals surface area contributed by atoms with Crippen molar-refractivity contribution in [2.75, 3.05) is 13.1 Å². The molecule has 1 saturated heterocycles. The van der Waals surface area contributed by atoms with E-state index in [1.807, 2.05) is 0 Å². The van der Waals surface area contributed by atoms with E-state index in [0.717, 1.165) is 44.5 Å². The van der Waals surface area contributed by atoms with Crippen molar-refractivity contribution < 1.29 is 13.6 Å². The van der Waals surface area contributed by atoms with Crippen molar-refractivity contribution in [2.24, 2.45) is 0 Å². The molecule has 1 unspecified atom stereocenters. The average molecular weight is 254 g/mol. The first-order chi connectivity index (χ1) is 8.68. The van der Waals surface area contributed by atoms with Gasteiger partial charge in [0.1, 0.15) is 17.2 Å². The summed E-state index contributed by atoms with van der Waals surface area (Å²) in [6.45, 7) is 1.73. The molecule has 1 aliphatic heterocycles. The highest BCUT2D eigenvalue weighted by Crippen LogP contribution is 2.13. The zero-order valence-electron chi connectivity index (χ0n) is 10.0. The van der Waals surface area contributed by atoms with Gasteiger partial charge in [0.05, 0.1) is 0 Å². The van der Waals surface area contributed by atoms with Crippen molar-refractivity contribution in [1.82, 2.24) is 10.6 Å². The van der Waals surface area contributed by atoms with Crippen LogP contribution in [0.3, 0.4) is 0 Å². The molecule has 0 radical (unpaired) electrons. The summed E-state index contributed by atoms with van der Waals surface area (Å²) in [4.78, 5) is 11.9. The second-order valence-electron chi connectivity index (χ2n) is 4.45. The summed E-state index contributed by atoms with van der Waals surface area (Å²) in [5.74, 6) is -2.31. The van der Waals surface area contributed by atoms with Crippen molar-refractivity contribution in [3.05, 3.63) is 35.4 Å². The Morgan fingerprint density at radius 1 is 1.22 bits per heavy atom. The molecule has 1 aromatic rings. The fraction of sp³-hybridized carbons (Fsp3) is 0.462. The van der Waals surface area contributed by atoms with Gasteiger partial charge in [-0.1, -0.05) is 6.07 Å². The molecule has 1 amide bonds. The van der Waals surface area contributed by atoms with Crippen molar-refractivity contribution in [3.8, 4) is 0 Å². The molecule has 1 aromatic carbocycles. The van der Waals surface area contributed by atoms with Gasteiger partial charge in [-0.3, -0.25) is 4.79 Å². The Morgan fingerprint density at radius 2 is 1.94 bits per heavy atom. The maximum Gasteiger partial charge on any atom is 0.257 e. The number of amides is 1. The molecule has 0 spiro atoms. The molecule has 98 valence electrons. The third kappa shape index (κ3) is 3.04. The van der Waals surface area contributed by atoms with Crippen LogP contribution in [0.25, 0.3) is 0 Å². The standard InChI is InChI=1S/C13H16F2N2O/c14-10-4-1-5-11(15)12(10)13(18)17-9-3-2-7-16-8-6-9/h1,4-5,9,16H,2-3,6-8H2,(H,17,18). The number of hydrogen-bond acceptors (Lipinski definition) is 2. The van der Waals surface area contributed by atoms with Gasteiger partial charge < -0.3 is 10.6 Å². The van der Waals surface area contributed by atoms with Crippen LogP contribution in [0.4, 0.5) is 8.78 Å². The average Bonchev–Trinajstić information content (AvgIpc) is 2.57. The number of carbonyl (C=O) groups is 1. The van der Waals surface area contributed by atoms with Crippen LogP contribution in [0.1, 0.15) is 29.6 Å². The van der Waals surface area contributed by atoms with Crippen LogP contribution in [-0.2, 0) is 0 Å². The third-order valence-electron chi connectivity index (χ3n) is 3.10. The fourth-order valence-corrected chi connectivity index (χ4v) is 2.14. The Morgan fingerprint density at radius 3 is 2.67 bits per heavy atom. The van der Waals surface area contributed by atoms with E-state index in [9.17, 15) is 13.6 Å². The molecule has 1 atom stereocenters. The SMILES string of the molecule is O=C(NC1CCCNCC1)c1c(F)cccc1F. The molecular weight excluding hydrogens is 238 g/mol. The Kier molecular flexibility index (Phi) is 4.25. The summed E-state index contributed by atoms with van der Waals surface area (Å²) in [7, 11) is 0. The van der Waals surface area contributed by atoms with Gasteiger partial charge in [0, 0.05) is 6.04 Å². The molecule has 0 bridgehead atoms. The normalized spacial score (nSPS) is 20.2. The highest BCUT2D eigenvalue weighted by atomic mass is 19.1. The lowest BCUT2D eigenvalue weighted by molar-refractivity contribution is 0.0925. The van der Waals surface area contributed by atoms with Crippen LogP contribution in [0.2, 0.25) is 0 Å². The molecule has 3 nitrogen and oxygen atoms in total. The first-order valence-electron chi connectivity index (χ1n) is 6.14. The van der Waals surface area contributed by atoms with E-state index in [1.54, 1.807) is 0 Å². The minimum atomic E-state index is -0.820. The number of hydrogen-bond donors (Lipinski definition) is 2. The van der Waals surface area contributed by atoms with Gasteiger partial charge in [-0.25, -0.2) is 8.78 Å². The summed E-state index contributed by atoms with van der Waals surface area (Å²) in [6.07, 6.45) is 2.56. The first-order valence-corrected chi connectivity index (χ1v) is 6.14. The second kappa shape index (κ2) is 5.91. The maximum absolute atomic E-state index is 13.4. The number of carbonyl (C=O) groups excluding carboxylic acids is 1. The topological polar surface area (TPSA) is 41.1 Å². The Hall–Kier alpha value is -1.49.